The van der Waals surface area contributed by atoms with E-state index in [1.165, 1.54) is 0 Å². The number of aromatic nitrogens is 3. The van der Waals surface area contributed by atoms with E-state index in [1.54, 1.807) is 42.7 Å². The number of pyridine rings is 1. The van der Waals surface area contributed by atoms with Crippen molar-refractivity contribution in [1.29, 1.82) is 0 Å². The third kappa shape index (κ3) is 8.38. The van der Waals surface area contributed by atoms with Crippen LogP contribution in [0.4, 0.5) is 17.6 Å². The summed E-state index contributed by atoms with van der Waals surface area (Å²) >= 11 is 12.6. The molecule has 0 radical (unpaired) electrons. The SMILES string of the molecule is CC.CN(C)c1nc(Nc2ccc(OCC3COC(C)(C)OC3)cn2)ncc1/C=C(\C=O)c1c(Cl)cccc1Cl. The second kappa shape index (κ2) is 14.4. The van der Waals surface area contributed by atoms with Crippen LogP contribution in [0.15, 0.2) is 42.7 Å². The third-order valence-electron chi connectivity index (χ3n) is 5.70. The van der Waals surface area contributed by atoms with Crippen molar-refractivity contribution >= 4 is 58.7 Å². The summed E-state index contributed by atoms with van der Waals surface area (Å²) in [6, 6.07) is 8.68. The van der Waals surface area contributed by atoms with Gasteiger partial charge in [-0.15, -0.1) is 0 Å². The van der Waals surface area contributed by atoms with Crippen molar-refractivity contribution in [2.75, 3.05) is 44.1 Å². The zero-order valence-corrected chi connectivity index (χ0v) is 25.1. The Kier molecular flexibility index (Phi) is 11.3. The first-order valence-electron chi connectivity index (χ1n) is 12.9. The Hall–Kier alpha value is -3.24. The molecule has 0 amide bonds. The van der Waals surface area contributed by atoms with Crippen LogP contribution < -0.4 is 15.0 Å². The molecule has 3 aromatic rings. The zero-order valence-electron chi connectivity index (χ0n) is 23.6. The number of carbonyl (C=O) groups is 1. The number of hydrogen-bond acceptors (Lipinski definition) is 9. The summed E-state index contributed by atoms with van der Waals surface area (Å²) in [5.74, 6) is 1.72. The number of ether oxygens (including phenoxy) is 3. The quantitative estimate of drug-likeness (QED) is 0.221. The minimum Gasteiger partial charge on any atom is -0.492 e. The maximum Gasteiger partial charge on any atom is 0.230 e. The van der Waals surface area contributed by atoms with Crippen LogP contribution in [-0.4, -0.2) is 60.9 Å². The molecule has 9 nitrogen and oxygen atoms in total. The maximum atomic E-state index is 11.9. The number of benzene rings is 1. The molecule has 1 N–H and O–H groups in total. The Morgan fingerprint density at radius 2 is 1.77 bits per heavy atom. The van der Waals surface area contributed by atoms with Crippen LogP contribution in [0.25, 0.3) is 11.6 Å². The zero-order chi connectivity index (χ0) is 29.3. The Labute approximate surface area is 245 Å². The van der Waals surface area contributed by atoms with E-state index in [4.69, 9.17) is 37.4 Å². The van der Waals surface area contributed by atoms with Gasteiger partial charge in [0.2, 0.25) is 5.95 Å². The van der Waals surface area contributed by atoms with Gasteiger partial charge in [0.25, 0.3) is 0 Å². The van der Waals surface area contributed by atoms with Gasteiger partial charge in [0.1, 0.15) is 17.4 Å². The van der Waals surface area contributed by atoms with Crippen molar-refractivity contribution in [3.05, 3.63) is 63.9 Å². The van der Waals surface area contributed by atoms with E-state index in [-0.39, 0.29) is 5.92 Å². The highest BCUT2D eigenvalue weighted by atomic mass is 35.5. The van der Waals surface area contributed by atoms with Crippen LogP contribution in [-0.2, 0) is 14.3 Å². The molecule has 1 aromatic carbocycles. The average Bonchev–Trinajstić information content (AvgIpc) is 2.94. The number of carbonyl (C=O) groups excluding carboxylic acids is 1. The lowest BCUT2D eigenvalue weighted by molar-refractivity contribution is -0.264. The van der Waals surface area contributed by atoms with Gasteiger partial charge in [-0.05, 0) is 44.2 Å². The van der Waals surface area contributed by atoms with Gasteiger partial charge in [-0.3, -0.25) is 4.79 Å². The van der Waals surface area contributed by atoms with Crippen LogP contribution >= 0.6 is 23.2 Å². The molecular formula is C29H35Cl2N5O4. The second-order valence-electron chi connectivity index (χ2n) is 9.38. The van der Waals surface area contributed by atoms with Crippen molar-refractivity contribution in [3.8, 4) is 5.75 Å². The number of halogens is 2. The highest BCUT2D eigenvalue weighted by Gasteiger charge is 2.28. The normalized spacial score (nSPS) is 15.1. The average molecular weight is 589 g/mol. The summed E-state index contributed by atoms with van der Waals surface area (Å²) in [5, 5.41) is 3.86. The van der Waals surface area contributed by atoms with Gasteiger partial charge in [-0.2, -0.15) is 4.98 Å². The van der Waals surface area contributed by atoms with Crippen molar-refractivity contribution in [2.24, 2.45) is 5.92 Å². The number of rotatable bonds is 9. The minimum atomic E-state index is -0.547. The molecule has 4 rings (SSSR count). The Morgan fingerprint density at radius 1 is 1.10 bits per heavy atom. The van der Waals surface area contributed by atoms with E-state index in [2.05, 4.69) is 20.3 Å². The number of hydrogen-bond donors (Lipinski definition) is 1. The van der Waals surface area contributed by atoms with Crippen LogP contribution in [0.2, 0.25) is 10.0 Å². The van der Waals surface area contributed by atoms with Crippen LogP contribution in [0.3, 0.4) is 0 Å². The molecule has 0 unspecified atom stereocenters. The lowest BCUT2D eigenvalue weighted by atomic mass is 10.0. The predicted molar refractivity (Wildman–Crippen MR) is 161 cm³/mol. The van der Waals surface area contributed by atoms with E-state index in [1.807, 2.05) is 52.8 Å². The molecule has 0 aliphatic carbocycles. The van der Waals surface area contributed by atoms with Crippen molar-refractivity contribution in [1.82, 2.24) is 15.0 Å². The monoisotopic (exact) mass is 587 g/mol. The molecule has 11 heteroatoms. The van der Waals surface area contributed by atoms with Crippen LogP contribution in [0.5, 0.6) is 5.75 Å². The molecule has 1 aliphatic rings. The molecule has 40 heavy (non-hydrogen) atoms. The first-order valence-corrected chi connectivity index (χ1v) is 13.7. The van der Waals surface area contributed by atoms with Gasteiger partial charge in [-0.1, -0.05) is 43.1 Å². The van der Waals surface area contributed by atoms with Gasteiger partial charge >= 0.3 is 0 Å². The summed E-state index contributed by atoms with van der Waals surface area (Å²) < 4.78 is 17.2. The minimum absolute atomic E-state index is 0.153. The summed E-state index contributed by atoms with van der Waals surface area (Å²) in [6.45, 7) is 9.42. The summed E-state index contributed by atoms with van der Waals surface area (Å²) in [4.78, 5) is 27.1. The first-order chi connectivity index (χ1) is 19.1. The van der Waals surface area contributed by atoms with Gasteiger partial charge in [-0.25, -0.2) is 9.97 Å². The molecule has 0 atom stereocenters. The topological polar surface area (TPSA) is 98.7 Å². The molecule has 0 bridgehead atoms. The lowest BCUT2D eigenvalue weighted by Gasteiger charge is -2.34. The van der Waals surface area contributed by atoms with E-state index in [0.717, 1.165) is 0 Å². The molecule has 0 spiro atoms. The molecule has 1 aliphatic heterocycles. The Morgan fingerprint density at radius 3 is 2.35 bits per heavy atom. The molecule has 214 valence electrons. The van der Waals surface area contributed by atoms with Crippen LogP contribution in [0.1, 0.15) is 38.8 Å². The second-order valence-corrected chi connectivity index (χ2v) is 10.2. The molecule has 0 saturated carbocycles. The van der Waals surface area contributed by atoms with E-state index < -0.39 is 5.79 Å². The number of nitrogens with one attached hydrogen (secondary N) is 1. The highest BCUT2D eigenvalue weighted by molar-refractivity contribution is 6.40. The smallest absolute Gasteiger partial charge is 0.230 e. The van der Waals surface area contributed by atoms with Crippen molar-refractivity contribution in [3.63, 3.8) is 0 Å². The van der Waals surface area contributed by atoms with Crippen LogP contribution in [0, 0.1) is 5.92 Å². The molecule has 3 heterocycles. The molecule has 2 aromatic heterocycles. The molecular weight excluding hydrogens is 553 g/mol. The van der Waals surface area contributed by atoms with Gasteiger partial charge in [0.05, 0.1) is 36.1 Å². The maximum absolute atomic E-state index is 11.9. The summed E-state index contributed by atoms with van der Waals surface area (Å²) in [5.41, 5.74) is 1.39. The molecule has 1 saturated heterocycles. The fourth-order valence-corrected chi connectivity index (χ4v) is 4.32. The standard InChI is InChI=1S/C27H29Cl2N5O4.C2H6/c1-27(2)37-15-17(16-38-27)14-36-20-8-9-23(30-12-20)32-26-31-11-18(25(33-26)34(3)4)10-19(13-35)24-21(28)6-5-7-22(24)29;1-2/h5-13,17H,14-16H2,1-4H3,(H,30,31,32,33);1-2H3/b19-10+;. The molecule has 1 fully saturated rings. The van der Waals surface area contributed by atoms with Gasteiger partial charge in [0.15, 0.2) is 12.1 Å². The Balaban J connectivity index is 0.00000216. The fourth-order valence-electron chi connectivity index (χ4n) is 3.70. The van der Waals surface area contributed by atoms with E-state index in [9.17, 15) is 4.79 Å². The lowest BCUT2D eigenvalue weighted by Crippen LogP contribution is -2.41. The van der Waals surface area contributed by atoms with E-state index >= 15 is 0 Å². The summed E-state index contributed by atoms with van der Waals surface area (Å²) in [7, 11) is 3.69. The number of aldehydes is 1. The van der Waals surface area contributed by atoms with Gasteiger partial charge in [0, 0.05) is 42.9 Å². The Bertz CT molecular complexity index is 1290. The summed E-state index contributed by atoms with van der Waals surface area (Å²) in [6.07, 6.45) is 5.62. The predicted octanol–water partition coefficient (Wildman–Crippen LogP) is 6.53. The number of anilines is 3. The van der Waals surface area contributed by atoms with Gasteiger partial charge < -0.3 is 24.4 Å². The van der Waals surface area contributed by atoms with E-state index in [0.29, 0.717) is 76.2 Å². The third-order valence-corrected chi connectivity index (χ3v) is 6.33. The number of allylic oxidation sites excluding steroid dienone is 1. The first kappa shape index (κ1) is 31.3. The van der Waals surface area contributed by atoms with Crippen molar-refractivity contribution in [2.45, 2.75) is 33.5 Å². The highest BCUT2D eigenvalue weighted by Crippen LogP contribution is 2.32. The fraction of sp³-hybridized carbons (Fsp3) is 0.379. The number of nitrogens with zero attached hydrogens (tertiary/aromatic N) is 4. The van der Waals surface area contributed by atoms with Crippen molar-refractivity contribution < 1.29 is 19.0 Å². The largest absolute Gasteiger partial charge is 0.492 e.